The van der Waals surface area contributed by atoms with Crippen LogP contribution in [0.25, 0.3) is 21.8 Å². The van der Waals surface area contributed by atoms with E-state index in [1.807, 2.05) is 17.7 Å². The molecule has 7 rings (SSSR count). The molecule has 4 heterocycles. The summed E-state index contributed by atoms with van der Waals surface area (Å²) in [6.45, 7) is 10.3. The monoisotopic (exact) mass is 545 g/mol. The quantitative estimate of drug-likeness (QED) is 0.434. The summed E-state index contributed by atoms with van der Waals surface area (Å²) in [4.78, 5) is 26.3. The number of anilines is 1. The van der Waals surface area contributed by atoms with Crippen molar-refractivity contribution in [3.8, 4) is 0 Å². The number of rotatable bonds is 7. The van der Waals surface area contributed by atoms with E-state index in [4.69, 9.17) is 4.98 Å². The zero-order valence-corrected chi connectivity index (χ0v) is 23.8. The minimum Gasteiger partial charge on any atom is -0.390 e. The fourth-order valence-electron chi connectivity index (χ4n) is 6.96. The van der Waals surface area contributed by atoms with Gasteiger partial charge in [0, 0.05) is 75.4 Å². The molecule has 4 fully saturated rings. The van der Waals surface area contributed by atoms with Crippen molar-refractivity contribution < 1.29 is 5.11 Å². The Morgan fingerprint density at radius 1 is 0.950 bits per heavy atom. The van der Waals surface area contributed by atoms with Gasteiger partial charge in [-0.05, 0) is 81.2 Å². The molecule has 0 unspecified atom stereocenters. The van der Waals surface area contributed by atoms with Crippen LogP contribution in [0.5, 0.6) is 0 Å². The fourth-order valence-corrected chi connectivity index (χ4v) is 6.96. The van der Waals surface area contributed by atoms with Crippen molar-refractivity contribution in [2.75, 3.05) is 51.1 Å². The molecule has 0 bridgehead atoms. The highest BCUT2D eigenvalue weighted by Gasteiger charge is 2.32. The van der Waals surface area contributed by atoms with Crippen LogP contribution in [0.2, 0.25) is 0 Å². The number of pyridine rings is 1. The first kappa shape index (κ1) is 26.3. The van der Waals surface area contributed by atoms with Crippen molar-refractivity contribution in [3.63, 3.8) is 0 Å². The summed E-state index contributed by atoms with van der Waals surface area (Å²) in [7, 11) is 0. The number of hydrazine groups is 1. The van der Waals surface area contributed by atoms with Gasteiger partial charge in [0.15, 0.2) is 0 Å². The minimum atomic E-state index is -0.662. The van der Waals surface area contributed by atoms with Crippen molar-refractivity contribution in [1.82, 2.24) is 29.5 Å². The third-order valence-corrected chi connectivity index (χ3v) is 9.70. The second-order valence-electron chi connectivity index (χ2n) is 12.9. The van der Waals surface area contributed by atoms with Crippen LogP contribution in [0.15, 0.2) is 29.2 Å². The predicted molar refractivity (Wildman–Crippen MR) is 158 cm³/mol. The first-order chi connectivity index (χ1) is 19.4. The van der Waals surface area contributed by atoms with Crippen LogP contribution in [-0.2, 0) is 6.54 Å². The maximum atomic E-state index is 14.2. The summed E-state index contributed by atoms with van der Waals surface area (Å²) in [6.07, 6.45) is 9.94. The average Bonchev–Trinajstić information content (AvgIpc) is 3.63. The zero-order valence-electron chi connectivity index (χ0n) is 23.8. The summed E-state index contributed by atoms with van der Waals surface area (Å²) in [6, 6.07) is 6.41. The zero-order chi connectivity index (χ0) is 27.3. The van der Waals surface area contributed by atoms with Crippen LogP contribution in [0.3, 0.4) is 0 Å². The van der Waals surface area contributed by atoms with Crippen molar-refractivity contribution in [2.24, 2.45) is 5.92 Å². The minimum absolute atomic E-state index is 0.0214. The Labute approximate surface area is 236 Å². The molecular formula is C31H43N7O2. The Bertz CT molecular complexity index is 1430. The van der Waals surface area contributed by atoms with Gasteiger partial charge < -0.3 is 10.4 Å². The number of aliphatic hydroxyl groups is 1. The molecule has 0 radical (unpaired) electrons. The van der Waals surface area contributed by atoms with Crippen LogP contribution >= 0.6 is 0 Å². The molecule has 40 heavy (non-hydrogen) atoms. The lowest BCUT2D eigenvalue weighted by Crippen LogP contribution is -2.52. The lowest BCUT2D eigenvalue weighted by atomic mass is 9.83. The van der Waals surface area contributed by atoms with Crippen LogP contribution in [0, 0.1) is 5.92 Å². The van der Waals surface area contributed by atoms with Gasteiger partial charge in [-0.15, -0.1) is 0 Å². The highest BCUT2D eigenvalue weighted by Crippen LogP contribution is 2.36. The molecule has 0 spiro atoms. The molecule has 2 N–H and O–H groups in total. The molecule has 3 aromatic rings. The van der Waals surface area contributed by atoms with Gasteiger partial charge >= 0.3 is 0 Å². The van der Waals surface area contributed by atoms with Gasteiger partial charge in [0.1, 0.15) is 5.65 Å². The van der Waals surface area contributed by atoms with Crippen molar-refractivity contribution in [1.29, 1.82) is 0 Å². The van der Waals surface area contributed by atoms with Crippen LogP contribution in [-0.4, -0.2) is 86.0 Å². The van der Waals surface area contributed by atoms with Gasteiger partial charge in [0.25, 0.3) is 5.56 Å². The molecule has 0 atom stereocenters. The second-order valence-corrected chi connectivity index (χ2v) is 12.9. The van der Waals surface area contributed by atoms with Gasteiger partial charge in [-0.2, -0.15) is 4.98 Å². The Hall–Kier alpha value is -2.59. The number of aromatic nitrogens is 3. The summed E-state index contributed by atoms with van der Waals surface area (Å²) in [5.74, 6) is 1.31. The molecule has 1 aromatic carbocycles. The van der Waals surface area contributed by atoms with Gasteiger partial charge in [0.05, 0.1) is 5.60 Å². The molecular weight excluding hydrogens is 502 g/mol. The third kappa shape index (κ3) is 5.36. The van der Waals surface area contributed by atoms with Crippen LogP contribution in [0.1, 0.15) is 69.9 Å². The largest absolute Gasteiger partial charge is 0.390 e. The lowest BCUT2D eigenvalue weighted by Gasteiger charge is -2.39. The van der Waals surface area contributed by atoms with Crippen molar-refractivity contribution in [3.05, 3.63) is 40.3 Å². The molecule has 2 aromatic heterocycles. The van der Waals surface area contributed by atoms with Gasteiger partial charge in [0.2, 0.25) is 5.95 Å². The molecule has 9 heteroatoms. The Morgan fingerprint density at radius 3 is 2.40 bits per heavy atom. The van der Waals surface area contributed by atoms with Crippen molar-refractivity contribution in [2.45, 2.75) is 76.5 Å². The molecule has 2 saturated carbocycles. The van der Waals surface area contributed by atoms with Crippen LogP contribution in [0.4, 0.5) is 5.95 Å². The van der Waals surface area contributed by atoms with E-state index in [9.17, 15) is 9.90 Å². The number of hydrogen-bond acceptors (Lipinski definition) is 8. The highest BCUT2D eigenvalue weighted by molar-refractivity contribution is 6.04. The summed E-state index contributed by atoms with van der Waals surface area (Å²) in [5, 5.41) is 21.7. The summed E-state index contributed by atoms with van der Waals surface area (Å²) in [5.41, 5.74) is 1.26. The van der Waals surface area contributed by atoms with E-state index in [-0.39, 0.29) is 11.6 Å². The molecule has 4 aliphatic rings. The van der Waals surface area contributed by atoms with Crippen LogP contribution < -0.4 is 10.9 Å². The van der Waals surface area contributed by atoms with Gasteiger partial charge in [-0.3, -0.25) is 14.3 Å². The topological polar surface area (TPSA) is 89.8 Å². The number of benzene rings is 1. The van der Waals surface area contributed by atoms with E-state index >= 15 is 0 Å². The maximum absolute atomic E-state index is 14.2. The molecule has 2 aliphatic heterocycles. The molecule has 9 nitrogen and oxygen atoms in total. The normalized spacial score (nSPS) is 27.1. The first-order valence-corrected chi connectivity index (χ1v) is 15.5. The van der Waals surface area contributed by atoms with E-state index in [0.717, 1.165) is 68.3 Å². The number of nitrogens with zero attached hydrogens (tertiary/aromatic N) is 6. The Morgan fingerprint density at radius 2 is 1.68 bits per heavy atom. The van der Waals surface area contributed by atoms with Gasteiger partial charge in [-0.1, -0.05) is 12.1 Å². The molecule has 0 amide bonds. The third-order valence-electron chi connectivity index (χ3n) is 9.70. The molecule has 2 aliphatic carbocycles. The van der Waals surface area contributed by atoms with Crippen molar-refractivity contribution >= 4 is 27.8 Å². The summed E-state index contributed by atoms with van der Waals surface area (Å²) < 4.78 is 1.93. The predicted octanol–water partition coefficient (Wildman–Crippen LogP) is 3.76. The number of nitrogens with one attached hydrogen (secondary N) is 1. The van der Waals surface area contributed by atoms with E-state index in [2.05, 4.69) is 43.4 Å². The second kappa shape index (κ2) is 10.7. The molecule has 2 saturated heterocycles. The van der Waals surface area contributed by atoms with E-state index in [0.29, 0.717) is 30.4 Å². The molecule has 214 valence electrons. The lowest BCUT2D eigenvalue weighted by molar-refractivity contribution is -0.0418. The number of fused-ring (bicyclic) bond motifs is 3. The van der Waals surface area contributed by atoms with E-state index in [1.165, 1.54) is 44.3 Å². The fraction of sp³-hybridized carbons (Fsp3) is 0.645. The van der Waals surface area contributed by atoms with E-state index < -0.39 is 5.60 Å². The number of hydrogen-bond donors (Lipinski definition) is 2. The number of piperazine rings is 1. The average molecular weight is 546 g/mol. The smallest absolute Gasteiger partial charge is 0.260 e. The van der Waals surface area contributed by atoms with E-state index in [1.54, 1.807) is 0 Å². The highest BCUT2D eigenvalue weighted by atomic mass is 16.3. The standard InChI is InChI=1S/C31H43N7O2/c1-31(40)10-8-24(9-11-31)38-28-27(20-33-30(34-28)32-19-22-4-5-22)25-7-6-23(18-26(25)29(38)39)21-35-14-16-37(17-15-35)36-12-2-3-13-36/h6-7,18,20,22,24,40H,2-5,8-17,19,21H2,1H3,(H,32,33,34). The Balaban J connectivity index is 1.20. The Kier molecular flexibility index (Phi) is 7.02. The SMILES string of the molecule is CC1(O)CCC(n2c(=O)c3cc(CN4CCN(N5CCCC5)CC4)ccc3c3cnc(NCC4CC4)nc32)CC1. The van der Waals surface area contributed by atoms with Gasteiger partial charge in [-0.25, -0.2) is 15.0 Å². The first-order valence-electron chi connectivity index (χ1n) is 15.5. The maximum Gasteiger partial charge on any atom is 0.260 e. The summed E-state index contributed by atoms with van der Waals surface area (Å²) >= 11 is 0.